The molecule has 0 unspecified atom stereocenters. The molecule has 5 heteroatoms. The second-order valence-electron chi connectivity index (χ2n) is 4.09. The van der Waals surface area contributed by atoms with Crippen LogP contribution in [0, 0.1) is 11.8 Å². The minimum atomic E-state index is -0.161. The molecule has 16 heavy (non-hydrogen) atoms. The fraction of sp³-hybridized carbons (Fsp3) is 0.818. The van der Waals surface area contributed by atoms with E-state index >= 15 is 0 Å². The Morgan fingerprint density at radius 2 is 1.56 bits per heavy atom. The summed E-state index contributed by atoms with van der Waals surface area (Å²) in [6.45, 7) is 0. The van der Waals surface area contributed by atoms with Gasteiger partial charge in [-0.05, 0) is 25.7 Å². The topological polar surface area (TPSA) is 55.8 Å². The van der Waals surface area contributed by atoms with E-state index in [-0.39, 0.29) is 23.7 Å². The van der Waals surface area contributed by atoms with Crippen LogP contribution in [-0.2, 0) is 19.2 Å². The van der Waals surface area contributed by atoms with Gasteiger partial charge in [0, 0.05) is 13.0 Å². The molecule has 0 saturated heterocycles. The Kier molecular flexibility index (Phi) is 4.73. The van der Waals surface area contributed by atoms with E-state index in [1.54, 1.807) is 7.05 Å². The number of hydroxylamine groups is 2. The molecule has 0 radical (unpaired) electrons. The van der Waals surface area contributed by atoms with Gasteiger partial charge in [0.2, 0.25) is 5.91 Å². The van der Waals surface area contributed by atoms with Crippen LogP contribution in [0.2, 0.25) is 0 Å². The summed E-state index contributed by atoms with van der Waals surface area (Å²) in [5, 5.41) is 1.25. The van der Waals surface area contributed by atoms with Crippen molar-refractivity contribution in [3.05, 3.63) is 0 Å². The molecular formula is C11H19NO4. The van der Waals surface area contributed by atoms with Crippen molar-refractivity contribution in [3.63, 3.8) is 0 Å². The lowest BCUT2D eigenvalue weighted by molar-refractivity contribution is -0.175. The fourth-order valence-electron chi connectivity index (χ4n) is 2.09. The Morgan fingerprint density at radius 1 is 1.06 bits per heavy atom. The van der Waals surface area contributed by atoms with Crippen molar-refractivity contribution in [2.45, 2.75) is 25.7 Å². The van der Waals surface area contributed by atoms with Crippen LogP contribution in [0.4, 0.5) is 0 Å². The van der Waals surface area contributed by atoms with Crippen molar-refractivity contribution in [2.24, 2.45) is 11.8 Å². The molecule has 1 aliphatic carbocycles. The van der Waals surface area contributed by atoms with Crippen LogP contribution in [0.15, 0.2) is 0 Å². The molecule has 1 aliphatic rings. The minimum Gasteiger partial charge on any atom is -0.469 e. The van der Waals surface area contributed by atoms with Crippen molar-refractivity contribution < 1.29 is 19.2 Å². The van der Waals surface area contributed by atoms with Gasteiger partial charge in [-0.25, -0.2) is 5.06 Å². The standard InChI is InChI=1S/C11H19NO4/c1-12(16-3)10(13)8-4-6-9(7-5-8)11(14)15-2/h8-9H,4-7H2,1-3H3. The van der Waals surface area contributed by atoms with Gasteiger partial charge >= 0.3 is 5.97 Å². The number of hydrogen-bond acceptors (Lipinski definition) is 4. The van der Waals surface area contributed by atoms with Crippen LogP contribution in [0.1, 0.15) is 25.7 Å². The number of nitrogens with zero attached hydrogens (tertiary/aromatic N) is 1. The Bertz CT molecular complexity index is 259. The van der Waals surface area contributed by atoms with Crippen LogP contribution in [0.3, 0.4) is 0 Å². The first kappa shape index (κ1) is 13.0. The lowest BCUT2D eigenvalue weighted by atomic mass is 9.81. The molecule has 0 bridgehead atoms. The zero-order chi connectivity index (χ0) is 12.1. The molecule has 0 spiro atoms. The summed E-state index contributed by atoms with van der Waals surface area (Å²) in [6.07, 6.45) is 2.90. The summed E-state index contributed by atoms with van der Waals surface area (Å²) >= 11 is 0. The number of hydrogen-bond donors (Lipinski definition) is 0. The number of esters is 1. The van der Waals surface area contributed by atoms with Crippen LogP contribution >= 0.6 is 0 Å². The molecule has 5 nitrogen and oxygen atoms in total. The van der Waals surface area contributed by atoms with Crippen molar-refractivity contribution in [3.8, 4) is 0 Å². The molecule has 0 aliphatic heterocycles. The summed E-state index contributed by atoms with van der Waals surface area (Å²) in [5.74, 6) is -0.232. The van der Waals surface area contributed by atoms with Crippen molar-refractivity contribution in [1.29, 1.82) is 0 Å². The molecule has 0 aromatic heterocycles. The number of carbonyl (C=O) groups is 2. The van der Waals surface area contributed by atoms with Gasteiger partial charge in [-0.1, -0.05) is 0 Å². The number of rotatable bonds is 3. The number of ether oxygens (including phenoxy) is 1. The third kappa shape index (κ3) is 2.95. The van der Waals surface area contributed by atoms with Crippen molar-refractivity contribution >= 4 is 11.9 Å². The molecule has 0 atom stereocenters. The Labute approximate surface area is 95.6 Å². The number of carbonyl (C=O) groups excluding carboxylic acids is 2. The quantitative estimate of drug-likeness (QED) is 0.535. The average molecular weight is 229 g/mol. The van der Waals surface area contributed by atoms with Crippen molar-refractivity contribution in [1.82, 2.24) is 5.06 Å². The minimum absolute atomic E-state index is 0.00850. The second-order valence-corrected chi connectivity index (χ2v) is 4.09. The third-order valence-corrected chi connectivity index (χ3v) is 3.20. The van der Waals surface area contributed by atoms with Gasteiger partial charge in [0.05, 0.1) is 20.1 Å². The van der Waals surface area contributed by atoms with E-state index in [0.29, 0.717) is 0 Å². The van der Waals surface area contributed by atoms with Gasteiger partial charge in [-0.15, -0.1) is 0 Å². The highest BCUT2D eigenvalue weighted by atomic mass is 16.7. The third-order valence-electron chi connectivity index (χ3n) is 3.20. The van der Waals surface area contributed by atoms with E-state index in [0.717, 1.165) is 25.7 Å². The molecule has 1 fully saturated rings. The summed E-state index contributed by atoms with van der Waals surface area (Å²) in [5.41, 5.74) is 0. The molecular weight excluding hydrogens is 210 g/mol. The van der Waals surface area contributed by atoms with Crippen LogP contribution in [0.5, 0.6) is 0 Å². The van der Waals surface area contributed by atoms with E-state index in [1.165, 1.54) is 19.3 Å². The predicted molar refractivity (Wildman–Crippen MR) is 57.2 cm³/mol. The highest BCUT2D eigenvalue weighted by molar-refractivity contribution is 5.78. The Balaban J connectivity index is 2.43. The summed E-state index contributed by atoms with van der Waals surface area (Å²) < 4.78 is 4.70. The van der Waals surface area contributed by atoms with E-state index in [2.05, 4.69) is 0 Å². The number of amides is 1. The first-order valence-electron chi connectivity index (χ1n) is 5.49. The van der Waals surface area contributed by atoms with Crippen LogP contribution in [-0.4, -0.2) is 38.2 Å². The number of methoxy groups -OCH3 is 1. The lowest BCUT2D eigenvalue weighted by Crippen LogP contribution is -2.35. The molecule has 1 amide bonds. The van der Waals surface area contributed by atoms with Crippen LogP contribution in [0.25, 0.3) is 0 Å². The van der Waals surface area contributed by atoms with Gasteiger partial charge in [0.1, 0.15) is 0 Å². The highest BCUT2D eigenvalue weighted by Crippen LogP contribution is 2.30. The smallest absolute Gasteiger partial charge is 0.308 e. The molecule has 92 valence electrons. The molecule has 1 saturated carbocycles. The molecule has 0 aromatic rings. The predicted octanol–water partition coefficient (Wildman–Crippen LogP) is 0.986. The maximum Gasteiger partial charge on any atom is 0.308 e. The highest BCUT2D eigenvalue weighted by Gasteiger charge is 2.31. The lowest BCUT2D eigenvalue weighted by Gasteiger charge is -2.28. The van der Waals surface area contributed by atoms with E-state index in [1.807, 2.05) is 0 Å². The van der Waals surface area contributed by atoms with Gasteiger partial charge < -0.3 is 4.74 Å². The maximum atomic E-state index is 11.8. The first-order chi connectivity index (χ1) is 7.60. The zero-order valence-electron chi connectivity index (χ0n) is 10.1. The molecule has 0 N–H and O–H groups in total. The summed E-state index contributed by atoms with van der Waals surface area (Å²) in [6, 6.07) is 0. The van der Waals surface area contributed by atoms with E-state index in [4.69, 9.17) is 9.57 Å². The first-order valence-corrected chi connectivity index (χ1v) is 5.49. The van der Waals surface area contributed by atoms with Gasteiger partial charge in [0.15, 0.2) is 0 Å². The van der Waals surface area contributed by atoms with E-state index in [9.17, 15) is 9.59 Å². The maximum absolute atomic E-state index is 11.8. The van der Waals surface area contributed by atoms with Gasteiger partial charge in [-0.3, -0.25) is 14.4 Å². The van der Waals surface area contributed by atoms with Gasteiger partial charge in [0.25, 0.3) is 0 Å². The Morgan fingerprint density at radius 3 is 2.00 bits per heavy atom. The van der Waals surface area contributed by atoms with E-state index < -0.39 is 0 Å². The van der Waals surface area contributed by atoms with Crippen LogP contribution < -0.4 is 0 Å². The largest absolute Gasteiger partial charge is 0.469 e. The summed E-state index contributed by atoms with van der Waals surface area (Å²) in [4.78, 5) is 27.9. The SMILES string of the molecule is COC(=O)C1CCC(C(=O)N(C)OC)CC1. The molecule has 0 heterocycles. The molecule has 1 rings (SSSR count). The Hall–Kier alpha value is -1.10. The summed E-state index contributed by atoms with van der Waals surface area (Å²) in [7, 11) is 4.48. The molecule has 0 aromatic carbocycles. The normalized spacial score (nSPS) is 24.9. The average Bonchev–Trinajstić information content (AvgIpc) is 2.36. The fourth-order valence-corrected chi connectivity index (χ4v) is 2.09. The van der Waals surface area contributed by atoms with Crippen molar-refractivity contribution in [2.75, 3.05) is 21.3 Å². The monoisotopic (exact) mass is 229 g/mol. The van der Waals surface area contributed by atoms with Gasteiger partial charge in [-0.2, -0.15) is 0 Å². The zero-order valence-corrected chi connectivity index (χ0v) is 10.1. The second kappa shape index (κ2) is 5.84.